The molecule has 1 N–H and O–H groups in total. The Labute approximate surface area is 189 Å². The van der Waals surface area contributed by atoms with Crippen LogP contribution in [0.2, 0.25) is 0 Å². The summed E-state index contributed by atoms with van der Waals surface area (Å²) in [4.78, 5) is 20.6. The van der Waals surface area contributed by atoms with Gasteiger partial charge in [-0.3, -0.25) is 4.79 Å². The maximum Gasteiger partial charge on any atom is 0.266 e. The quantitative estimate of drug-likeness (QED) is 0.431. The Balaban J connectivity index is 1.29. The Morgan fingerprint density at radius 2 is 1.71 bits per heavy atom. The van der Waals surface area contributed by atoms with E-state index < -0.39 is 0 Å². The molecule has 0 bridgehead atoms. The van der Waals surface area contributed by atoms with Crippen molar-refractivity contribution in [3.63, 3.8) is 0 Å². The molecule has 3 heterocycles. The molecule has 0 atom stereocenters. The first-order valence-electron chi connectivity index (χ1n) is 10.1. The standard InChI is InChI=1S/C24H21N3O2S2/c28-23(22-20(10-15-30-22)17-4-2-1-3-5-17)25-19-8-6-18(7-9-19)21-16-31-24(26-21)27-11-13-29-14-12-27/h1-10,15-16H,11-14H2,(H,25,28). The summed E-state index contributed by atoms with van der Waals surface area (Å²) < 4.78 is 5.42. The van der Waals surface area contributed by atoms with Gasteiger partial charge in [0.1, 0.15) is 0 Å². The third-order valence-corrected chi connectivity index (χ3v) is 6.98. The Kier molecular flexibility index (Phi) is 5.80. The molecule has 1 aliphatic rings. The fourth-order valence-corrected chi connectivity index (χ4v) is 5.24. The van der Waals surface area contributed by atoms with Crippen molar-refractivity contribution in [2.75, 3.05) is 36.5 Å². The number of nitrogens with zero attached hydrogens (tertiary/aromatic N) is 2. The Hall–Kier alpha value is -3.00. The van der Waals surface area contributed by atoms with Crippen LogP contribution in [0.4, 0.5) is 10.8 Å². The fraction of sp³-hybridized carbons (Fsp3) is 0.167. The van der Waals surface area contributed by atoms with Crippen molar-refractivity contribution in [1.82, 2.24) is 4.98 Å². The Morgan fingerprint density at radius 3 is 2.48 bits per heavy atom. The smallest absolute Gasteiger partial charge is 0.266 e. The summed E-state index contributed by atoms with van der Waals surface area (Å²) in [6.45, 7) is 3.26. The molecule has 5 rings (SSSR count). The molecule has 0 spiro atoms. The van der Waals surface area contributed by atoms with Crippen LogP contribution >= 0.6 is 22.7 Å². The predicted octanol–water partition coefficient (Wildman–Crippen LogP) is 5.63. The third kappa shape index (κ3) is 4.39. The molecule has 7 heteroatoms. The molecule has 1 fully saturated rings. The molecule has 4 aromatic rings. The van der Waals surface area contributed by atoms with Gasteiger partial charge in [0, 0.05) is 35.3 Å². The molecule has 1 aliphatic heterocycles. The van der Waals surface area contributed by atoms with Crippen molar-refractivity contribution < 1.29 is 9.53 Å². The maximum atomic E-state index is 12.9. The van der Waals surface area contributed by atoms with E-state index in [9.17, 15) is 4.79 Å². The van der Waals surface area contributed by atoms with E-state index in [-0.39, 0.29) is 5.91 Å². The number of hydrogen-bond donors (Lipinski definition) is 1. The van der Waals surface area contributed by atoms with Crippen LogP contribution in [0.1, 0.15) is 9.67 Å². The van der Waals surface area contributed by atoms with E-state index in [1.54, 1.807) is 11.3 Å². The number of benzene rings is 2. The highest BCUT2D eigenvalue weighted by Gasteiger charge is 2.16. The number of hydrogen-bond acceptors (Lipinski definition) is 6. The number of nitrogens with one attached hydrogen (secondary N) is 1. The molecule has 2 aromatic carbocycles. The third-order valence-electron chi connectivity index (χ3n) is 5.17. The van der Waals surface area contributed by atoms with E-state index in [2.05, 4.69) is 15.6 Å². The number of thiazole rings is 1. The van der Waals surface area contributed by atoms with E-state index in [1.165, 1.54) is 11.3 Å². The summed E-state index contributed by atoms with van der Waals surface area (Å²) in [6, 6.07) is 19.8. The van der Waals surface area contributed by atoms with Crippen LogP contribution in [0.25, 0.3) is 22.4 Å². The average molecular weight is 448 g/mol. The Morgan fingerprint density at radius 1 is 0.935 bits per heavy atom. The summed E-state index contributed by atoms with van der Waals surface area (Å²) in [6.07, 6.45) is 0. The zero-order chi connectivity index (χ0) is 21.0. The predicted molar refractivity (Wildman–Crippen MR) is 128 cm³/mol. The van der Waals surface area contributed by atoms with Crippen LogP contribution in [-0.2, 0) is 4.74 Å². The first kappa shape index (κ1) is 19.9. The lowest BCUT2D eigenvalue weighted by Crippen LogP contribution is -2.36. The lowest BCUT2D eigenvalue weighted by atomic mass is 10.1. The second-order valence-electron chi connectivity index (χ2n) is 7.18. The zero-order valence-electron chi connectivity index (χ0n) is 16.8. The number of thiophene rings is 1. The second-order valence-corrected chi connectivity index (χ2v) is 8.93. The van der Waals surface area contributed by atoms with Crippen LogP contribution in [-0.4, -0.2) is 37.2 Å². The van der Waals surface area contributed by atoms with Gasteiger partial charge in [0.15, 0.2) is 5.13 Å². The van der Waals surface area contributed by atoms with Gasteiger partial charge in [0.05, 0.1) is 23.8 Å². The largest absolute Gasteiger partial charge is 0.378 e. The van der Waals surface area contributed by atoms with Gasteiger partial charge in [-0.2, -0.15) is 0 Å². The van der Waals surface area contributed by atoms with Gasteiger partial charge in [-0.25, -0.2) is 4.98 Å². The van der Waals surface area contributed by atoms with Crippen molar-refractivity contribution in [3.8, 4) is 22.4 Å². The summed E-state index contributed by atoms with van der Waals surface area (Å²) in [5.41, 5.74) is 4.76. The summed E-state index contributed by atoms with van der Waals surface area (Å²) in [5, 5.41) is 8.08. The number of carbonyl (C=O) groups excluding carboxylic acids is 1. The maximum absolute atomic E-state index is 12.9. The molecule has 0 radical (unpaired) electrons. The molecule has 0 aliphatic carbocycles. The normalized spacial score (nSPS) is 13.9. The van der Waals surface area contributed by atoms with Crippen molar-refractivity contribution in [2.24, 2.45) is 0 Å². The van der Waals surface area contributed by atoms with Crippen LogP contribution in [0, 0.1) is 0 Å². The number of ether oxygens (including phenoxy) is 1. The van der Waals surface area contributed by atoms with E-state index in [1.807, 2.05) is 66.0 Å². The van der Waals surface area contributed by atoms with E-state index in [0.29, 0.717) is 4.88 Å². The highest BCUT2D eigenvalue weighted by molar-refractivity contribution is 7.14. The van der Waals surface area contributed by atoms with E-state index >= 15 is 0 Å². The molecule has 2 aromatic heterocycles. The van der Waals surface area contributed by atoms with Gasteiger partial charge in [-0.15, -0.1) is 22.7 Å². The van der Waals surface area contributed by atoms with Gasteiger partial charge < -0.3 is 15.0 Å². The number of rotatable bonds is 5. The van der Waals surface area contributed by atoms with Gasteiger partial charge in [-0.05, 0) is 29.1 Å². The zero-order valence-corrected chi connectivity index (χ0v) is 18.4. The van der Waals surface area contributed by atoms with Crippen molar-refractivity contribution in [3.05, 3.63) is 76.3 Å². The Bertz CT molecular complexity index is 1160. The van der Waals surface area contributed by atoms with Crippen LogP contribution in [0.15, 0.2) is 71.4 Å². The summed E-state index contributed by atoms with van der Waals surface area (Å²) >= 11 is 3.11. The highest BCUT2D eigenvalue weighted by Crippen LogP contribution is 2.30. The molecular weight excluding hydrogens is 426 g/mol. The molecule has 31 heavy (non-hydrogen) atoms. The first-order chi connectivity index (χ1) is 15.3. The minimum Gasteiger partial charge on any atom is -0.378 e. The second kappa shape index (κ2) is 9.01. The van der Waals surface area contributed by atoms with Crippen LogP contribution in [0.5, 0.6) is 0 Å². The molecule has 0 unspecified atom stereocenters. The van der Waals surface area contributed by atoms with Gasteiger partial charge in [0.25, 0.3) is 5.91 Å². The number of anilines is 2. The minimum absolute atomic E-state index is 0.0927. The number of carbonyl (C=O) groups is 1. The SMILES string of the molecule is O=C(Nc1ccc(-c2csc(N3CCOCC3)n2)cc1)c1sccc1-c1ccccc1. The molecule has 1 saturated heterocycles. The van der Waals surface area contributed by atoms with Gasteiger partial charge in [-0.1, -0.05) is 42.5 Å². The fourth-order valence-electron chi connectivity index (χ4n) is 3.54. The van der Waals surface area contributed by atoms with Gasteiger partial charge >= 0.3 is 0 Å². The monoisotopic (exact) mass is 447 g/mol. The van der Waals surface area contributed by atoms with Crippen LogP contribution < -0.4 is 10.2 Å². The summed E-state index contributed by atoms with van der Waals surface area (Å²) in [7, 11) is 0. The molecule has 1 amide bonds. The topological polar surface area (TPSA) is 54.5 Å². The minimum atomic E-state index is -0.0927. The van der Waals surface area contributed by atoms with Crippen molar-refractivity contribution >= 4 is 39.4 Å². The van der Waals surface area contributed by atoms with E-state index in [4.69, 9.17) is 9.72 Å². The van der Waals surface area contributed by atoms with Gasteiger partial charge in [0.2, 0.25) is 0 Å². The molecule has 156 valence electrons. The lowest BCUT2D eigenvalue weighted by molar-refractivity contribution is 0.103. The lowest BCUT2D eigenvalue weighted by Gasteiger charge is -2.26. The van der Waals surface area contributed by atoms with Crippen LogP contribution in [0.3, 0.4) is 0 Å². The first-order valence-corrected chi connectivity index (χ1v) is 11.9. The number of aromatic nitrogens is 1. The highest BCUT2D eigenvalue weighted by atomic mass is 32.1. The molecule has 5 nitrogen and oxygen atoms in total. The number of amides is 1. The molecule has 0 saturated carbocycles. The number of morpholine rings is 1. The van der Waals surface area contributed by atoms with E-state index in [0.717, 1.165) is 59.5 Å². The van der Waals surface area contributed by atoms with Crippen molar-refractivity contribution in [2.45, 2.75) is 0 Å². The average Bonchev–Trinajstić information content (AvgIpc) is 3.51. The molecular formula is C24H21N3O2S2. The summed E-state index contributed by atoms with van der Waals surface area (Å²) in [5.74, 6) is -0.0927. The van der Waals surface area contributed by atoms with Crippen molar-refractivity contribution in [1.29, 1.82) is 0 Å².